The van der Waals surface area contributed by atoms with Gasteiger partial charge in [-0.25, -0.2) is 22.0 Å². The molecule has 1 aromatic carbocycles. The molecule has 3 aromatic rings. The second-order valence-electron chi connectivity index (χ2n) is 8.67. The van der Waals surface area contributed by atoms with Gasteiger partial charge in [0, 0.05) is 18.5 Å². The lowest BCUT2D eigenvalue weighted by atomic mass is 9.98. The van der Waals surface area contributed by atoms with Gasteiger partial charge in [-0.3, -0.25) is 19.3 Å². The highest BCUT2D eigenvalue weighted by Gasteiger charge is 2.39. The first kappa shape index (κ1) is 31.7. The molecule has 42 heavy (non-hydrogen) atoms. The number of allylic oxidation sites excluding steroid dienone is 2. The Balaban J connectivity index is 2.01. The summed E-state index contributed by atoms with van der Waals surface area (Å²) in [5.41, 5.74) is 1.59. The minimum absolute atomic E-state index is 0.0271. The van der Waals surface area contributed by atoms with Crippen molar-refractivity contribution >= 4 is 17.9 Å². The van der Waals surface area contributed by atoms with Crippen LogP contribution in [0.5, 0.6) is 0 Å². The smallest absolute Gasteiger partial charge is 0.366 e. The average molecular weight is 599 g/mol. The molecular weight excluding hydrogens is 578 g/mol. The molecule has 0 aliphatic carbocycles. The molecule has 1 atom stereocenters. The fourth-order valence-corrected chi connectivity index (χ4v) is 3.89. The van der Waals surface area contributed by atoms with E-state index < -0.39 is 71.3 Å². The standard InChI is InChI=1S/C27H21F8N5O2/c1-2-20(30)18(26(36)42)6-5-15-4-3-7-37-23(15)21(10-14-8-16(28)11-17(29)9-14)38-22(41)13-40-12-19(25(31)32)24(39-40)27(33,34)35/h2-9,11-12,21,25H,1,10,13H2,(H2,36,42)(H,38,41)/b6-5+,20-18-/t21-/m0/s1. The number of nitrogens with two attached hydrogens (primary N) is 1. The van der Waals surface area contributed by atoms with Crippen molar-refractivity contribution in [2.45, 2.75) is 31.6 Å². The van der Waals surface area contributed by atoms with Gasteiger partial charge in [0.2, 0.25) is 5.91 Å². The number of rotatable bonds is 11. The average Bonchev–Trinajstić information content (AvgIpc) is 3.32. The zero-order valence-corrected chi connectivity index (χ0v) is 21.3. The first-order chi connectivity index (χ1) is 19.7. The van der Waals surface area contributed by atoms with Crippen LogP contribution in [0.3, 0.4) is 0 Å². The zero-order chi connectivity index (χ0) is 31.2. The molecule has 2 heterocycles. The Bertz CT molecular complexity index is 1530. The molecule has 15 heteroatoms. The number of benzene rings is 1. The van der Waals surface area contributed by atoms with Crippen molar-refractivity contribution in [2.24, 2.45) is 5.73 Å². The summed E-state index contributed by atoms with van der Waals surface area (Å²) in [4.78, 5) is 28.7. The lowest BCUT2D eigenvalue weighted by Crippen LogP contribution is -2.34. The van der Waals surface area contributed by atoms with E-state index in [1.165, 1.54) is 24.4 Å². The van der Waals surface area contributed by atoms with E-state index >= 15 is 0 Å². The zero-order valence-electron chi connectivity index (χ0n) is 21.3. The number of hydrogen-bond donors (Lipinski definition) is 2. The number of alkyl halides is 5. The van der Waals surface area contributed by atoms with Crippen molar-refractivity contribution in [2.75, 3.05) is 0 Å². The number of amides is 2. The van der Waals surface area contributed by atoms with E-state index in [9.17, 15) is 44.7 Å². The van der Waals surface area contributed by atoms with Crippen LogP contribution in [0.1, 0.15) is 40.5 Å². The van der Waals surface area contributed by atoms with Crippen LogP contribution in [0, 0.1) is 11.6 Å². The Morgan fingerprint density at radius 3 is 2.36 bits per heavy atom. The molecule has 0 saturated carbocycles. The number of nitrogens with zero attached hydrogens (tertiary/aromatic N) is 3. The van der Waals surface area contributed by atoms with Crippen LogP contribution in [0.15, 0.2) is 72.9 Å². The maximum atomic E-state index is 14.0. The van der Waals surface area contributed by atoms with E-state index in [-0.39, 0.29) is 23.2 Å². The number of halogens is 8. The predicted molar refractivity (Wildman–Crippen MR) is 134 cm³/mol. The second kappa shape index (κ2) is 13.2. The third kappa shape index (κ3) is 8.11. The first-order valence-corrected chi connectivity index (χ1v) is 11.8. The fraction of sp³-hybridized carbons (Fsp3) is 0.185. The Morgan fingerprint density at radius 2 is 1.81 bits per heavy atom. The number of carbonyl (C=O) groups excluding carboxylic acids is 2. The van der Waals surface area contributed by atoms with Gasteiger partial charge in [0.25, 0.3) is 12.3 Å². The summed E-state index contributed by atoms with van der Waals surface area (Å²) in [5.74, 6) is -5.07. The van der Waals surface area contributed by atoms with Crippen molar-refractivity contribution in [1.29, 1.82) is 0 Å². The number of nitrogens with one attached hydrogen (secondary N) is 1. The molecular formula is C27H21F8N5O2. The van der Waals surface area contributed by atoms with Crippen molar-refractivity contribution in [3.63, 3.8) is 0 Å². The van der Waals surface area contributed by atoms with Gasteiger partial charge >= 0.3 is 6.18 Å². The molecule has 7 nitrogen and oxygen atoms in total. The number of pyridine rings is 1. The van der Waals surface area contributed by atoms with Crippen molar-refractivity contribution < 1.29 is 44.7 Å². The maximum absolute atomic E-state index is 14.0. The molecule has 0 saturated heterocycles. The van der Waals surface area contributed by atoms with Crippen LogP contribution in [-0.2, 0) is 28.7 Å². The monoisotopic (exact) mass is 599 g/mol. The molecule has 0 radical (unpaired) electrons. The highest BCUT2D eigenvalue weighted by molar-refractivity contribution is 5.96. The Labute approximate surface area is 233 Å². The molecule has 0 aliphatic rings. The number of primary amides is 1. The van der Waals surface area contributed by atoms with Crippen molar-refractivity contribution in [3.05, 3.63) is 113 Å². The quantitative estimate of drug-likeness (QED) is 0.172. The summed E-state index contributed by atoms with van der Waals surface area (Å²) in [6.45, 7) is 2.27. The summed E-state index contributed by atoms with van der Waals surface area (Å²) in [6, 6.07) is 4.19. The second-order valence-corrected chi connectivity index (χ2v) is 8.67. The summed E-state index contributed by atoms with van der Waals surface area (Å²) in [6.07, 6.45) is -4.42. The molecule has 0 fully saturated rings. The lowest BCUT2D eigenvalue weighted by molar-refractivity contribution is -0.143. The number of hydrogen-bond acceptors (Lipinski definition) is 4. The van der Waals surface area contributed by atoms with E-state index in [1.807, 2.05) is 0 Å². The van der Waals surface area contributed by atoms with E-state index in [1.54, 1.807) is 0 Å². The van der Waals surface area contributed by atoms with Crippen LogP contribution >= 0.6 is 0 Å². The fourth-order valence-electron chi connectivity index (χ4n) is 3.89. The summed E-state index contributed by atoms with van der Waals surface area (Å²) < 4.78 is 108. The van der Waals surface area contributed by atoms with Gasteiger partial charge in [-0.15, -0.1) is 0 Å². The molecule has 0 bridgehead atoms. The maximum Gasteiger partial charge on any atom is 0.435 e. The van der Waals surface area contributed by atoms with Crippen LogP contribution in [0.2, 0.25) is 0 Å². The van der Waals surface area contributed by atoms with Gasteiger partial charge in [0.15, 0.2) is 5.69 Å². The molecule has 0 aliphatic heterocycles. The van der Waals surface area contributed by atoms with Crippen LogP contribution in [0.4, 0.5) is 35.1 Å². The Morgan fingerprint density at radius 1 is 1.14 bits per heavy atom. The van der Waals surface area contributed by atoms with Gasteiger partial charge in [-0.2, -0.15) is 18.3 Å². The summed E-state index contributed by atoms with van der Waals surface area (Å²) in [5, 5.41) is 5.52. The van der Waals surface area contributed by atoms with Crippen LogP contribution in [0.25, 0.3) is 6.08 Å². The van der Waals surface area contributed by atoms with Gasteiger partial charge in [-0.05, 0) is 47.9 Å². The topological polar surface area (TPSA) is 103 Å². The van der Waals surface area contributed by atoms with Crippen molar-refractivity contribution in [3.8, 4) is 0 Å². The minimum Gasteiger partial charge on any atom is -0.366 e. The van der Waals surface area contributed by atoms with Gasteiger partial charge < -0.3 is 11.1 Å². The van der Waals surface area contributed by atoms with Crippen molar-refractivity contribution in [1.82, 2.24) is 20.1 Å². The minimum atomic E-state index is -5.21. The third-order valence-electron chi connectivity index (χ3n) is 5.63. The third-order valence-corrected chi connectivity index (χ3v) is 5.63. The molecule has 0 spiro atoms. The lowest BCUT2D eigenvalue weighted by Gasteiger charge is -2.21. The number of carbonyl (C=O) groups is 2. The van der Waals surface area contributed by atoms with Gasteiger partial charge in [0.1, 0.15) is 24.0 Å². The Kier molecular flexibility index (Phi) is 9.99. The SMILES string of the molecule is C=C/C(F)=C(\C=C\c1cccnc1[C@H](Cc1cc(F)cc(F)c1)NC(=O)Cn1cc(C(F)F)c(C(F)(F)F)n1)C(N)=O. The Hall–Kier alpha value is -4.82. The van der Waals surface area contributed by atoms with E-state index in [4.69, 9.17) is 5.73 Å². The van der Waals surface area contributed by atoms with Crippen LogP contribution in [-0.4, -0.2) is 26.6 Å². The van der Waals surface area contributed by atoms with Gasteiger partial charge in [0.05, 0.1) is 22.9 Å². The normalized spacial score (nSPS) is 13.3. The largest absolute Gasteiger partial charge is 0.435 e. The van der Waals surface area contributed by atoms with Gasteiger partial charge in [-0.1, -0.05) is 18.7 Å². The molecule has 2 aromatic heterocycles. The summed E-state index contributed by atoms with van der Waals surface area (Å²) in [7, 11) is 0. The van der Waals surface area contributed by atoms with E-state index in [0.717, 1.165) is 24.3 Å². The highest BCUT2D eigenvalue weighted by atomic mass is 19.4. The molecule has 3 N–H and O–H groups in total. The molecule has 2 amide bonds. The highest BCUT2D eigenvalue weighted by Crippen LogP contribution is 2.35. The number of aromatic nitrogens is 3. The molecule has 222 valence electrons. The van der Waals surface area contributed by atoms with E-state index in [0.29, 0.717) is 16.9 Å². The summed E-state index contributed by atoms with van der Waals surface area (Å²) >= 11 is 0. The van der Waals surface area contributed by atoms with Crippen LogP contribution < -0.4 is 11.1 Å². The molecule has 0 unspecified atom stereocenters. The van der Waals surface area contributed by atoms with E-state index in [2.05, 4.69) is 22.0 Å². The molecule has 3 rings (SSSR count). The first-order valence-electron chi connectivity index (χ1n) is 11.8. The predicted octanol–water partition coefficient (Wildman–Crippen LogP) is 5.52.